The zero-order valence-electron chi connectivity index (χ0n) is 24.8. The Hall–Kier alpha value is -4.51. The van der Waals surface area contributed by atoms with E-state index in [4.69, 9.17) is 5.73 Å². The molecule has 0 spiro atoms. The number of pyridine rings is 1. The van der Waals surface area contributed by atoms with Crippen molar-refractivity contribution in [2.45, 2.75) is 76.4 Å². The first-order valence-corrected chi connectivity index (χ1v) is 15.5. The molecule has 1 fully saturated rings. The number of benzene rings is 1. The molecule has 0 aliphatic heterocycles. The second-order valence-corrected chi connectivity index (χ2v) is 12.8. The minimum Gasteiger partial charge on any atom is -0.511 e. The van der Waals surface area contributed by atoms with Gasteiger partial charge in [-0.1, -0.05) is 38.2 Å². The minimum atomic E-state index is -2.62. The van der Waals surface area contributed by atoms with E-state index >= 15 is 0 Å². The highest BCUT2D eigenvalue weighted by atomic mass is 16.3. The minimum absolute atomic E-state index is 0.0293. The van der Waals surface area contributed by atoms with Gasteiger partial charge in [-0.05, 0) is 60.8 Å². The Labute approximate surface area is 259 Å². The van der Waals surface area contributed by atoms with E-state index in [0.717, 1.165) is 24.8 Å². The maximum absolute atomic E-state index is 14.2. The van der Waals surface area contributed by atoms with Gasteiger partial charge >= 0.3 is 0 Å². The lowest BCUT2D eigenvalue weighted by molar-refractivity contribution is -0.144. The molecule has 45 heavy (non-hydrogen) atoms. The van der Waals surface area contributed by atoms with Crippen molar-refractivity contribution >= 4 is 23.4 Å². The van der Waals surface area contributed by atoms with Gasteiger partial charge in [0, 0.05) is 42.4 Å². The molecular formula is C34H37N3O8. The molecule has 4 aliphatic rings. The molecule has 11 heteroatoms. The van der Waals surface area contributed by atoms with Crippen LogP contribution in [-0.2, 0) is 29.0 Å². The Balaban J connectivity index is 1.40. The standard InChI is InChI=1S/C34H37N3O8/c35-32(43)27-24(38)14-22-12-20-13-23-18(9-8-17-5-2-1-3-6-17)11-21(16-37-33(44)19-7-4-10-36-15-19)28(39)26(23)29(40)25(20)30(41)34(22,45)31(27)42/h4,7,10-11,15,17,20,22,38-39,41,45H,1-3,5-6,8-9,12-14,16H2,(H2,35,43)(H,37,44)/t20-,22+,34+/m1/s1. The molecule has 2 amide bonds. The van der Waals surface area contributed by atoms with Crippen molar-refractivity contribution in [2.75, 3.05) is 0 Å². The number of aromatic nitrogens is 1. The maximum atomic E-state index is 14.2. The second-order valence-electron chi connectivity index (χ2n) is 12.8. The van der Waals surface area contributed by atoms with Crippen molar-refractivity contribution in [1.82, 2.24) is 10.3 Å². The SMILES string of the molecule is NC(=O)C1=C(O)C[C@@H]2C[C@@H]3Cc4c(CCC5CCCCC5)cc(CNC(=O)c5cccnc5)c(O)c4C(=O)C3=C(O)[C@]2(O)C1=O. The van der Waals surface area contributed by atoms with Gasteiger partial charge in [0.15, 0.2) is 11.4 Å². The van der Waals surface area contributed by atoms with Crippen LogP contribution in [0, 0.1) is 17.8 Å². The number of nitrogens with one attached hydrogen (secondary N) is 1. The number of Topliss-reactive ketones (excluding diaryl/α,β-unsaturated/α-hetero) is 2. The number of ketones is 2. The fraction of sp³-hybridized carbons (Fsp3) is 0.441. The molecule has 11 nitrogen and oxygen atoms in total. The van der Waals surface area contributed by atoms with Crippen LogP contribution in [-0.4, -0.2) is 54.4 Å². The number of phenolic OH excluding ortho intramolecular Hbond substituents is 1. The molecule has 1 aromatic carbocycles. The number of hydrogen-bond acceptors (Lipinski definition) is 9. The predicted octanol–water partition coefficient (Wildman–Crippen LogP) is 3.42. The van der Waals surface area contributed by atoms with E-state index in [2.05, 4.69) is 10.3 Å². The Morgan fingerprint density at radius 1 is 1.07 bits per heavy atom. The van der Waals surface area contributed by atoms with E-state index in [0.29, 0.717) is 29.0 Å². The predicted molar refractivity (Wildman–Crippen MR) is 161 cm³/mol. The molecule has 236 valence electrons. The van der Waals surface area contributed by atoms with Crippen LogP contribution in [0.3, 0.4) is 0 Å². The second kappa shape index (κ2) is 11.8. The van der Waals surface area contributed by atoms with Crippen molar-refractivity contribution in [1.29, 1.82) is 0 Å². The van der Waals surface area contributed by atoms with Crippen molar-refractivity contribution in [3.8, 4) is 5.75 Å². The third-order valence-corrected chi connectivity index (χ3v) is 10.1. The number of primary amides is 1. The molecule has 2 aromatic rings. The van der Waals surface area contributed by atoms with Crippen LogP contribution in [0.5, 0.6) is 5.75 Å². The highest BCUT2D eigenvalue weighted by Crippen LogP contribution is 2.52. The van der Waals surface area contributed by atoms with Gasteiger partial charge in [0.1, 0.15) is 22.8 Å². The zero-order valence-corrected chi connectivity index (χ0v) is 24.8. The van der Waals surface area contributed by atoms with E-state index in [1.54, 1.807) is 18.3 Å². The van der Waals surface area contributed by atoms with Crippen LogP contribution in [0.2, 0.25) is 0 Å². The van der Waals surface area contributed by atoms with Gasteiger partial charge in [0.2, 0.25) is 5.78 Å². The first kappa shape index (κ1) is 30.5. The maximum Gasteiger partial charge on any atom is 0.255 e. The molecule has 4 aliphatic carbocycles. The number of rotatable bonds is 7. The zero-order chi connectivity index (χ0) is 32.0. The average Bonchev–Trinajstić information content (AvgIpc) is 3.02. The molecule has 1 saturated carbocycles. The first-order valence-electron chi connectivity index (χ1n) is 15.5. The Bertz CT molecular complexity index is 1660. The average molecular weight is 616 g/mol. The topological polar surface area (TPSA) is 200 Å². The van der Waals surface area contributed by atoms with Crippen molar-refractivity contribution in [3.63, 3.8) is 0 Å². The summed E-state index contributed by atoms with van der Waals surface area (Å²) in [5, 5.41) is 47.7. The number of nitrogens with two attached hydrogens (primary N) is 1. The highest BCUT2D eigenvalue weighted by Gasteiger charge is 2.59. The number of phenols is 1. The Morgan fingerprint density at radius 2 is 1.82 bits per heavy atom. The number of allylic oxidation sites excluding steroid dienone is 2. The van der Waals surface area contributed by atoms with Crippen LogP contribution >= 0.6 is 0 Å². The molecule has 0 saturated heterocycles. The van der Waals surface area contributed by atoms with Gasteiger partial charge in [-0.25, -0.2) is 0 Å². The van der Waals surface area contributed by atoms with Crippen LogP contribution < -0.4 is 11.1 Å². The van der Waals surface area contributed by atoms with Crippen LogP contribution in [0.15, 0.2) is 53.3 Å². The summed E-state index contributed by atoms with van der Waals surface area (Å²) in [4.78, 5) is 56.2. The molecule has 3 atom stereocenters. The Morgan fingerprint density at radius 3 is 2.51 bits per heavy atom. The van der Waals surface area contributed by atoms with Crippen LogP contribution in [0.1, 0.15) is 88.8 Å². The number of carbonyl (C=O) groups is 4. The van der Waals surface area contributed by atoms with Gasteiger partial charge in [-0.3, -0.25) is 24.2 Å². The van der Waals surface area contributed by atoms with Gasteiger partial charge < -0.3 is 31.5 Å². The highest BCUT2D eigenvalue weighted by molar-refractivity contribution is 6.24. The largest absolute Gasteiger partial charge is 0.511 e. The van der Waals surface area contributed by atoms with Crippen molar-refractivity contribution in [3.05, 3.63) is 81.1 Å². The summed E-state index contributed by atoms with van der Waals surface area (Å²) >= 11 is 0. The third-order valence-electron chi connectivity index (χ3n) is 10.1. The molecule has 0 unspecified atom stereocenters. The van der Waals surface area contributed by atoms with Crippen molar-refractivity contribution in [2.24, 2.45) is 23.5 Å². The number of amides is 2. The quantitative estimate of drug-likeness (QED) is 0.253. The molecule has 6 rings (SSSR count). The smallest absolute Gasteiger partial charge is 0.255 e. The molecule has 1 aromatic heterocycles. The molecular weight excluding hydrogens is 578 g/mol. The molecule has 1 heterocycles. The van der Waals surface area contributed by atoms with E-state index in [9.17, 15) is 39.6 Å². The van der Waals surface area contributed by atoms with E-state index in [1.165, 1.54) is 25.5 Å². The van der Waals surface area contributed by atoms with Crippen molar-refractivity contribution < 1.29 is 39.6 Å². The van der Waals surface area contributed by atoms with E-state index in [-0.39, 0.29) is 42.7 Å². The van der Waals surface area contributed by atoms with E-state index < -0.39 is 57.9 Å². The Kier molecular flexibility index (Phi) is 7.98. The number of aromatic hydroxyl groups is 1. The van der Waals surface area contributed by atoms with Gasteiger partial charge in [-0.2, -0.15) is 0 Å². The monoisotopic (exact) mass is 615 g/mol. The number of hydrogen-bond donors (Lipinski definition) is 6. The summed E-state index contributed by atoms with van der Waals surface area (Å²) in [6, 6.07) is 5.07. The van der Waals surface area contributed by atoms with Gasteiger partial charge in [-0.15, -0.1) is 0 Å². The van der Waals surface area contributed by atoms with Crippen LogP contribution in [0.25, 0.3) is 0 Å². The van der Waals surface area contributed by atoms with Crippen LogP contribution in [0.4, 0.5) is 0 Å². The lowest BCUT2D eigenvalue weighted by atomic mass is 9.60. The van der Waals surface area contributed by atoms with Gasteiger partial charge in [0.25, 0.3) is 11.8 Å². The number of fused-ring (bicyclic) bond motifs is 3. The number of aliphatic hydroxyl groups is 3. The normalized spacial score (nSPS) is 25.0. The number of nitrogens with zero attached hydrogens (tertiary/aromatic N) is 1. The number of carbonyl (C=O) groups excluding carboxylic acids is 4. The number of aliphatic hydroxyl groups excluding tert-OH is 2. The van der Waals surface area contributed by atoms with Gasteiger partial charge in [0.05, 0.1) is 11.1 Å². The summed E-state index contributed by atoms with van der Waals surface area (Å²) < 4.78 is 0. The van der Waals surface area contributed by atoms with E-state index in [1.807, 2.05) is 6.07 Å². The molecule has 0 bridgehead atoms. The lowest BCUT2D eigenvalue weighted by Crippen LogP contribution is -2.57. The molecule has 7 N–H and O–H groups in total. The summed E-state index contributed by atoms with van der Waals surface area (Å²) in [5.74, 6) is -6.46. The summed E-state index contributed by atoms with van der Waals surface area (Å²) in [5.41, 5.74) is 3.80. The lowest BCUT2D eigenvalue weighted by Gasteiger charge is -2.45. The third kappa shape index (κ3) is 5.18. The molecule has 0 radical (unpaired) electrons. The fourth-order valence-corrected chi connectivity index (χ4v) is 7.79. The summed E-state index contributed by atoms with van der Waals surface area (Å²) in [7, 11) is 0. The summed E-state index contributed by atoms with van der Waals surface area (Å²) in [6.07, 6.45) is 10.4. The fourth-order valence-electron chi connectivity index (χ4n) is 7.79. The first-order chi connectivity index (χ1) is 21.5. The summed E-state index contributed by atoms with van der Waals surface area (Å²) in [6.45, 7) is -0.0818. The number of aryl methyl sites for hydroxylation is 1.